The van der Waals surface area contributed by atoms with Gasteiger partial charge >= 0.3 is 0 Å². The van der Waals surface area contributed by atoms with Gasteiger partial charge in [-0.15, -0.1) is 0 Å². The normalized spacial score (nSPS) is 12.4. The minimum Gasteiger partial charge on any atom is -0.497 e. The van der Waals surface area contributed by atoms with Crippen LogP contribution in [0.15, 0.2) is 53.8 Å². The van der Waals surface area contributed by atoms with E-state index in [9.17, 15) is 4.21 Å². The van der Waals surface area contributed by atoms with E-state index in [4.69, 9.17) is 4.74 Å². The van der Waals surface area contributed by atoms with Crippen LogP contribution in [-0.4, -0.2) is 21.3 Å². The third-order valence-corrected chi connectivity index (χ3v) is 4.38. The number of nitrogens with zero attached hydrogens (tertiary/aromatic N) is 1. The molecule has 2 aromatic heterocycles. The highest BCUT2D eigenvalue weighted by molar-refractivity contribution is 7.84. The molecule has 0 aliphatic carbocycles. The Morgan fingerprint density at radius 2 is 2.20 bits per heavy atom. The van der Waals surface area contributed by atoms with E-state index in [-0.39, 0.29) is 0 Å². The molecular formula is C15H14N2O2S. The number of aromatic amines is 1. The summed E-state index contributed by atoms with van der Waals surface area (Å²) < 4.78 is 17.5. The number of rotatable bonds is 4. The molecule has 0 spiro atoms. The zero-order chi connectivity index (χ0) is 13.9. The van der Waals surface area contributed by atoms with Crippen molar-refractivity contribution >= 4 is 21.7 Å². The van der Waals surface area contributed by atoms with Crippen LogP contribution in [0.2, 0.25) is 0 Å². The Labute approximate surface area is 119 Å². The second-order valence-corrected chi connectivity index (χ2v) is 5.86. The summed E-state index contributed by atoms with van der Waals surface area (Å²) in [6, 6.07) is 11.4. The monoisotopic (exact) mass is 286 g/mol. The molecule has 0 bridgehead atoms. The summed E-state index contributed by atoms with van der Waals surface area (Å²) in [5, 5.41) is 1.72. The summed E-state index contributed by atoms with van der Waals surface area (Å²) in [7, 11) is 0.522. The van der Waals surface area contributed by atoms with Crippen molar-refractivity contribution in [3.05, 3.63) is 54.4 Å². The molecule has 0 amide bonds. The lowest BCUT2D eigenvalue weighted by Crippen LogP contribution is -1.96. The Morgan fingerprint density at radius 3 is 2.95 bits per heavy atom. The van der Waals surface area contributed by atoms with E-state index in [1.165, 1.54) is 0 Å². The van der Waals surface area contributed by atoms with Crippen LogP contribution in [0.3, 0.4) is 0 Å². The van der Waals surface area contributed by atoms with Crippen LogP contribution in [0, 0.1) is 0 Å². The molecule has 1 unspecified atom stereocenters. The van der Waals surface area contributed by atoms with Crippen LogP contribution in [0.4, 0.5) is 0 Å². The zero-order valence-corrected chi connectivity index (χ0v) is 11.8. The van der Waals surface area contributed by atoms with E-state index in [0.29, 0.717) is 5.75 Å². The number of aromatic nitrogens is 2. The third-order valence-electron chi connectivity index (χ3n) is 3.07. The molecule has 0 saturated heterocycles. The van der Waals surface area contributed by atoms with E-state index in [2.05, 4.69) is 9.97 Å². The van der Waals surface area contributed by atoms with Gasteiger partial charge in [0.25, 0.3) is 0 Å². The van der Waals surface area contributed by atoms with Crippen molar-refractivity contribution in [1.29, 1.82) is 0 Å². The Balaban J connectivity index is 1.88. The van der Waals surface area contributed by atoms with Gasteiger partial charge in [0.1, 0.15) is 10.8 Å². The molecule has 1 atom stereocenters. The lowest BCUT2D eigenvalue weighted by atomic mass is 10.2. The largest absolute Gasteiger partial charge is 0.497 e. The zero-order valence-electron chi connectivity index (χ0n) is 11.0. The first-order valence-corrected chi connectivity index (χ1v) is 7.52. The van der Waals surface area contributed by atoms with Gasteiger partial charge in [0.05, 0.1) is 23.7 Å². The molecule has 0 fully saturated rings. The van der Waals surface area contributed by atoms with Crippen molar-refractivity contribution in [2.24, 2.45) is 0 Å². The maximum absolute atomic E-state index is 12.4. The fourth-order valence-electron chi connectivity index (χ4n) is 2.05. The Bertz CT molecular complexity index is 753. The number of pyridine rings is 1. The summed E-state index contributed by atoms with van der Waals surface area (Å²) in [6.07, 6.45) is 3.45. The second-order valence-electron chi connectivity index (χ2n) is 4.44. The molecule has 102 valence electrons. The van der Waals surface area contributed by atoms with Crippen molar-refractivity contribution < 1.29 is 8.95 Å². The predicted octanol–water partition coefficient (Wildman–Crippen LogP) is 2.88. The Hall–Kier alpha value is -2.14. The van der Waals surface area contributed by atoms with Gasteiger partial charge in [0.2, 0.25) is 0 Å². The molecule has 0 aliphatic rings. The molecular weight excluding hydrogens is 272 g/mol. The fourth-order valence-corrected chi connectivity index (χ4v) is 3.16. The van der Waals surface area contributed by atoms with E-state index in [0.717, 1.165) is 27.2 Å². The third kappa shape index (κ3) is 2.58. The highest BCUT2D eigenvalue weighted by Crippen LogP contribution is 2.23. The maximum atomic E-state index is 12.4. The molecule has 4 nitrogen and oxygen atoms in total. The van der Waals surface area contributed by atoms with Crippen molar-refractivity contribution in [1.82, 2.24) is 9.97 Å². The predicted molar refractivity (Wildman–Crippen MR) is 79.2 cm³/mol. The van der Waals surface area contributed by atoms with Crippen LogP contribution in [0.5, 0.6) is 5.75 Å². The highest BCUT2D eigenvalue weighted by atomic mass is 32.2. The average molecular weight is 286 g/mol. The van der Waals surface area contributed by atoms with Gasteiger partial charge in [-0.25, -0.2) is 0 Å². The first kappa shape index (κ1) is 12.9. The standard InChI is InChI=1S/C15H14N2O2S/c1-19-13-4-5-14-12(7-13)8-15(17-14)20(18)10-11-3-2-6-16-9-11/h2-9,17H,10H2,1H3. The van der Waals surface area contributed by atoms with E-state index in [1.807, 2.05) is 36.4 Å². The van der Waals surface area contributed by atoms with Crippen LogP contribution in [0.25, 0.3) is 10.9 Å². The molecule has 3 rings (SSSR count). The van der Waals surface area contributed by atoms with Gasteiger partial charge < -0.3 is 9.72 Å². The van der Waals surface area contributed by atoms with Crippen LogP contribution < -0.4 is 4.74 Å². The summed E-state index contributed by atoms with van der Waals surface area (Å²) in [5.41, 5.74) is 1.92. The molecule has 3 aromatic rings. The molecule has 2 heterocycles. The number of hydrogen-bond donors (Lipinski definition) is 1. The topological polar surface area (TPSA) is 55.0 Å². The van der Waals surface area contributed by atoms with Crippen LogP contribution in [0.1, 0.15) is 5.56 Å². The van der Waals surface area contributed by atoms with Gasteiger partial charge in [0.15, 0.2) is 0 Å². The number of methoxy groups -OCH3 is 1. The smallest absolute Gasteiger partial charge is 0.119 e. The molecule has 5 heteroatoms. The number of nitrogens with one attached hydrogen (secondary N) is 1. The quantitative estimate of drug-likeness (QED) is 0.802. The van der Waals surface area contributed by atoms with Gasteiger partial charge in [-0.05, 0) is 35.9 Å². The Kier molecular flexibility index (Phi) is 3.52. The van der Waals surface area contributed by atoms with Crippen molar-refractivity contribution in [2.45, 2.75) is 10.8 Å². The first-order chi connectivity index (χ1) is 9.76. The minimum atomic E-state index is -1.11. The lowest BCUT2D eigenvalue weighted by molar-refractivity contribution is 0.415. The van der Waals surface area contributed by atoms with Gasteiger partial charge in [-0.3, -0.25) is 9.19 Å². The van der Waals surface area contributed by atoms with Crippen molar-refractivity contribution in [3.63, 3.8) is 0 Å². The second kappa shape index (κ2) is 5.46. The fraction of sp³-hybridized carbons (Fsp3) is 0.133. The Morgan fingerprint density at radius 1 is 1.30 bits per heavy atom. The molecule has 0 saturated carbocycles. The summed E-state index contributed by atoms with van der Waals surface area (Å²) in [4.78, 5) is 7.23. The molecule has 0 aliphatic heterocycles. The van der Waals surface area contributed by atoms with E-state index in [1.54, 1.807) is 19.5 Å². The summed E-state index contributed by atoms with van der Waals surface area (Å²) in [6.45, 7) is 0. The highest BCUT2D eigenvalue weighted by Gasteiger charge is 2.09. The molecule has 0 radical (unpaired) electrons. The van der Waals surface area contributed by atoms with Gasteiger partial charge in [-0.1, -0.05) is 6.07 Å². The number of ether oxygens (including phenoxy) is 1. The average Bonchev–Trinajstić information content (AvgIpc) is 2.91. The van der Waals surface area contributed by atoms with Crippen LogP contribution >= 0.6 is 0 Å². The van der Waals surface area contributed by atoms with E-state index < -0.39 is 10.8 Å². The lowest BCUT2D eigenvalue weighted by Gasteiger charge is -1.99. The van der Waals surface area contributed by atoms with E-state index >= 15 is 0 Å². The maximum Gasteiger partial charge on any atom is 0.119 e. The van der Waals surface area contributed by atoms with Crippen LogP contribution in [-0.2, 0) is 16.6 Å². The molecule has 1 aromatic carbocycles. The minimum absolute atomic E-state index is 0.456. The van der Waals surface area contributed by atoms with Gasteiger partial charge in [0, 0.05) is 23.3 Å². The first-order valence-electron chi connectivity index (χ1n) is 6.20. The van der Waals surface area contributed by atoms with Crippen molar-refractivity contribution in [3.8, 4) is 5.75 Å². The number of fused-ring (bicyclic) bond motifs is 1. The molecule has 20 heavy (non-hydrogen) atoms. The van der Waals surface area contributed by atoms with Gasteiger partial charge in [-0.2, -0.15) is 0 Å². The SMILES string of the molecule is COc1ccc2[nH]c(S(=O)Cc3cccnc3)cc2c1. The van der Waals surface area contributed by atoms with Crippen molar-refractivity contribution in [2.75, 3.05) is 7.11 Å². The number of benzene rings is 1. The summed E-state index contributed by atoms with van der Waals surface area (Å²) >= 11 is 0. The summed E-state index contributed by atoms with van der Waals surface area (Å²) in [5.74, 6) is 1.25. The number of hydrogen-bond acceptors (Lipinski definition) is 3. The molecule has 1 N–H and O–H groups in total. The number of H-pyrrole nitrogens is 1.